The van der Waals surface area contributed by atoms with Gasteiger partial charge in [-0.15, -0.1) is 12.4 Å². The lowest BCUT2D eigenvalue weighted by Crippen LogP contribution is -2.38. The standard InChI is InChI=1S/C14H21N3O.ClH/c18-13(16-8-11-4-2-1-3-5-11)14(6-7-14)12-9-15-10-17-12;/h9-11H,1-8H2,(H,15,17)(H,16,18);1H. The molecule has 2 aliphatic rings. The fourth-order valence-electron chi connectivity index (χ4n) is 3.06. The van der Waals surface area contributed by atoms with Crippen LogP contribution < -0.4 is 5.32 Å². The molecular formula is C14H22ClN3O. The van der Waals surface area contributed by atoms with E-state index in [-0.39, 0.29) is 23.7 Å². The fraction of sp³-hybridized carbons (Fsp3) is 0.714. The number of hydrogen-bond donors (Lipinski definition) is 2. The summed E-state index contributed by atoms with van der Waals surface area (Å²) < 4.78 is 0. The molecule has 1 heterocycles. The Morgan fingerprint density at radius 1 is 1.37 bits per heavy atom. The number of amides is 1. The van der Waals surface area contributed by atoms with Crippen molar-refractivity contribution in [3.05, 3.63) is 18.2 Å². The summed E-state index contributed by atoms with van der Waals surface area (Å²) in [5.74, 6) is 0.887. The van der Waals surface area contributed by atoms with Crippen LogP contribution >= 0.6 is 12.4 Å². The fourth-order valence-corrected chi connectivity index (χ4v) is 3.06. The van der Waals surface area contributed by atoms with Crippen molar-refractivity contribution in [2.75, 3.05) is 6.54 Å². The van der Waals surface area contributed by atoms with Crippen LogP contribution in [-0.2, 0) is 10.2 Å². The van der Waals surface area contributed by atoms with Crippen LogP contribution in [-0.4, -0.2) is 22.4 Å². The van der Waals surface area contributed by atoms with Crippen LogP contribution in [0, 0.1) is 5.92 Å². The summed E-state index contributed by atoms with van der Waals surface area (Å²) in [6, 6.07) is 0. The van der Waals surface area contributed by atoms with E-state index in [0.717, 1.165) is 25.1 Å². The van der Waals surface area contributed by atoms with Gasteiger partial charge in [0.25, 0.3) is 0 Å². The van der Waals surface area contributed by atoms with E-state index in [9.17, 15) is 4.79 Å². The van der Waals surface area contributed by atoms with Crippen molar-refractivity contribution in [3.8, 4) is 0 Å². The van der Waals surface area contributed by atoms with Crippen LogP contribution in [0.1, 0.15) is 50.6 Å². The molecular weight excluding hydrogens is 262 g/mol. The summed E-state index contributed by atoms with van der Waals surface area (Å²) in [6.07, 6.45) is 11.9. The van der Waals surface area contributed by atoms with Gasteiger partial charge in [-0.3, -0.25) is 4.79 Å². The molecule has 0 aromatic carbocycles. The van der Waals surface area contributed by atoms with E-state index < -0.39 is 0 Å². The minimum atomic E-state index is -0.287. The third kappa shape index (κ3) is 2.94. The van der Waals surface area contributed by atoms with E-state index in [0.29, 0.717) is 5.92 Å². The Labute approximate surface area is 120 Å². The van der Waals surface area contributed by atoms with E-state index >= 15 is 0 Å². The molecule has 0 aliphatic heterocycles. The lowest BCUT2D eigenvalue weighted by atomic mass is 9.89. The topological polar surface area (TPSA) is 57.8 Å². The highest BCUT2D eigenvalue weighted by atomic mass is 35.5. The second kappa shape index (κ2) is 5.95. The zero-order valence-corrected chi connectivity index (χ0v) is 12.0. The Kier molecular flexibility index (Phi) is 4.50. The molecule has 106 valence electrons. The molecule has 0 saturated heterocycles. The number of carbonyl (C=O) groups excluding carboxylic acids is 1. The first kappa shape index (κ1) is 14.4. The Hall–Kier alpha value is -1.03. The molecule has 19 heavy (non-hydrogen) atoms. The molecule has 4 nitrogen and oxygen atoms in total. The van der Waals surface area contributed by atoms with E-state index in [1.807, 2.05) is 0 Å². The zero-order chi connectivity index (χ0) is 12.4. The van der Waals surface area contributed by atoms with Crippen molar-refractivity contribution in [1.29, 1.82) is 0 Å². The Bertz CT molecular complexity index is 408. The van der Waals surface area contributed by atoms with Crippen LogP contribution in [0.4, 0.5) is 0 Å². The van der Waals surface area contributed by atoms with Gasteiger partial charge in [0.1, 0.15) is 0 Å². The molecule has 5 heteroatoms. The quantitative estimate of drug-likeness (QED) is 0.892. The number of hydrogen-bond acceptors (Lipinski definition) is 2. The van der Waals surface area contributed by atoms with Crippen molar-refractivity contribution in [2.45, 2.75) is 50.4 Å². The van der Waals surface area contributed by atoms with Crippen molar-refractivity contribution >= 4 is 18.3 Å². The van der Waals surface area contributed by atoms with Crippen molar-refractivity contribution < 1.29 is 4.79 Å². The van der Waals surface area contributed by atoms with Gasteiger partial charge in [0.15, 0.2) is 0 Å². The third-order valence-corrected chi connectivity index (χ3v) is 4.47. The largest absolute Gasteiger partial charge is 0.355 e. The van der Waals surface area contributed by atoms with E-state index in [1.165, 1.54) is 32.1 Å². The summed E-state index contributed by atoms with van der Waals surface area (Å²) >= 11 is 0. The number of H-pyrrole nitrogens is 1. The number of halogens is 1. The summed E-state index contributed by atoms with van der Waals surface area (Å²) in [5.41, 5.74) is 0.689. The highest BCUT2D eigenvalue weighted by Gasteiger charge is 2.52. The predicted molar refractivity (Wildman–Crippen MR) is 76.3 cm³/mol. The molecule has 0 unspecified atom stereocenters. The van der Waals surface area contributed by atoms with Crippen LogP contribution in [0.25, 0.3) is 0 Å². The summed E-state index contributed by atoms with van der Waals surface area (Å²) in [7, 11) is 0. The average Bonchev–Trinajstić information content (AvgIpc) is 3.05. The Morgan fingerprint density at radius 3 is 2.68 bits per heavy atom. The molecule has 1 amide bonds. The number of rotatable bonds is 4. The number of carbonyl (C=O) groups is 1. The lowest BCUT2D eigenvalue weighted by Gasteiger charge is -2.23. The summed E-state index contributed by atoms with van der Waals surface area (Å²) in [4.78, 5) is 19.4. The van der Waals surface area contributed by atoms with Crippen LogP contribution in [0.2, 0.25) is 0 Å². The predicted octanol–water partition coefficient (Wildman–Crippen LogP) is 2.56. The van der Waals surface area contributed by atoms with Crippen LogP contribution in [0.5, 0.6) is 0 Å². The maximum absolute atomic E-state index is 12.3. The number of nitrogens with one attached hydrogen (secondary N) is 2. The van der Waals surface area contributed by atoms with E-state index in [1.54, 1.807) is 12.5 Å². The molecule has 1 aromatic rings. The molecule has 2 N–H and O–H groups in total. The van der Waals surface area contributed by atoms with Gasteiger partial charge in [-0.25, -0.2) is 4.98 Å². The number of aromatic nitrogens is 2. The van der Waals surface area contributed by atoms with E-state index in [2.05, 4.69) is 15.3 Å². The van der Waals surface area contributed by atoms with Crippen LogP contribution in [0.15, 0.2) is 12.5 Å². The minimum Gasteiger partial charge on any atom is -0.355 e. The Morgan fingerprint density at radius 2 is 2.11 bits per heavy atom. The second-order valence-electron chi connectivity index (χ2n) is 5.76. The van der Waals surface area contributed by atoms with Gasteiger partial charge in [0.05, 0.1) is 17.4 Å². The molecule has 2 saturated carbocycles. The molecule has 3 rings (SSSR count). The first-order valence-electron chi connectivity index (χ1n) is 7.08. The number of nitrogens with zero attached hydrogens (tertiary/aromatic N) is 1. The molecule has 0 spiro atoms. The summed E-state index contributed by atoms with van der Waals surface area (Å²) in [6.45, 7) is 0.856. The smallest absolute Gasteiger partial charge is 0.232 e. The van der Waals surface area contributed by atoms with Gasteiger partial charge in [-0.05, 0) is 31.6 Å². The normalized spacial score (nSPS) is 21.5. The summed E-state index contributed by atoms with van der Waals surface area (Å²) in [5, 5.41) is 3.16. The average molecular weight is 284 g/mol. The highest BCUT2D eigenvalue weighted by Crippen LogP contribution is 2.47. The van der Waals surface area contributed by atoms with Gasteiger partial charge < -0.3 is 10.3 Å². The van der Waals surface area contributed by atoms with Gasteiger partial charge in [-0.2, -0.15) is 0 Å². The highest BCUT2D eigenvalue weighted by molar-refractivity contribution is 5.90. The first-order valence-corrected chi connectivity index (χ1v) is 7.08. The number of aromatic amines is 1. The van der Waals surface area contributed by atoms with Crippen LogP contribution in [0.3, 0.4) is 0 Å². The van der Waals surface area contributed by atoms with Gasteiger partial charge in [-0.1, -0.05) is 19.3 Å². The van der Waals surface area contributed by atoms with Gasteiger partial charge in [0.2, 0.25) is 5.91 Å². The minimum absolute atomic E-state index is 0. The molecule has 2 fully saturated rings. The van der Waals surface area contributed by atoms with Gasteiger partial charge in [0, 0.05) is 12.7 Å². The maximum Gasteiger partial charge on any atom is 0.232 e. The third-order valence-electron chi connectivity index (χ3n) is 4.47. The Balaban J connectivity index is 0.00000133. The van der Waals surface area contributed by atoms with Gasteiger partial charge >= 0.3 is 0 Å². The van der Waals surface area contributed by atoms with Crippen molar-refractivity contribution in [3.63, 3.8) is 0 Å². The molecule has 0 atom stereocenters. The molecule has 0 radical (unpaired) electrons. The SMILES string of the molecule is Cl.O=C(NCC1CCCCC1)C1(c2cnc[nH]2)CC1. The molecule has 0 bridgehead atoms. The zero-order valence-electron chi connectivity index (χ0n) is 11.2. The van der Waals surface area contributed by atoms with Crippen molar-refractivity contribution in [2.24, 2.45) is 5.92 Å². The second-order valence-corrected chi connectivity index (χ2v) is 5.76. The van der Waals surface area contributed by atoms with E-state index in [4.69, 9.17) is 0 Å². The van der Waals surface area contributed by atoms with Crippen molar-refractivity contribution in [1.82, 2.24) is 15.3 Å². The molecule has 2 aliphatic carbocycles. The monoisotopic (exact) mass is 283 g/mol. The first-order chi connectivity index (χ1) is 8.81. The number of imidazole rings is 1. The molecule has 1 aromatic heterocycles. The maximum atomic E-state index is 12.3. The lowest BCUT2D eigenvalue weighted by molar-refractivity contribution is -0.123.